The van der Waals surface area contributed by atoms with Crippen LogP contribution in [0, 0.1) is 0 Å². The number of nitrogens with zero attached hydrogens (tertiary/aromatic N) is 1. The van der Waals surface area contributed by atoms with Gasteiger partial charge in [0.2, 0.25) is 0 Å². The summed E-state index contributed by atoms with van der Waals surface area (Å²) in [6, 6.07) is 8.34. The lowest BCUT2D eigenvalue weighted by Gasteiger charge is -2.16. The van der Waals surface area contributed by atoms with E-state index >= 15 is 0 Å². The molecule has 5 heteroatoms. The van der Waals surface area contributed by atoms with Gasteiger partial charge >= 0.3 is 0 Å². The lowest BCUT2D eigenvalue weighted by Crippen LogP contribution is -2.23. The zero-order valence-corrected chi connectivity index (χ0v) is 13.1. The Labute approximate surface area is 125 Å². The minimum Gasteiger partial charge on any atom is -0.309 e. The van der Waals surface area contributed by atoms with Crippen molar-refractivity contribution in [1.29, 1.82) is 0 Å². The van der Waals surface area contributed by atoms with Gasteiger partial charge in [0.25, 0.3) is 0 Å². The summed E-state index contributed by atoms with van der Waals surface area (Å²) >= 11 is 11.1. The van der Waals surface area contributed by atoms with E-state index in [1.807, 2.05) is 12.1 Å². The number of hydrogen-bond acceptors (Lipinski definition) is 3. The first-order valence-electron chi connectivity index (χ1n) is 5.78. The summed E-state index contributed by atoms with van der Waals surface area (Å²) in [5.74, 6) is 0. The van der Waals surface area contributed by atoms with Crippen LogP contribution < -0.4 is 5.32 Å². The predicted octanol–water partition coefficient (Wildman–Crippen LogP) is 4.45. The fraction of sp³-hybridized carbons (Fsp3) is 0.308. The van der Waals surface area contributed by atoms with Gasteiger partial charge < -0.3 is 5.32 Å². The second kappa shape index (κ2) is 6.66. The first-order chi connectivity index (χ1) is 8.69. The molecular weight excluding hydrogens is 332 g/mol. The van der Waals surface area contributed by atoms with Crippen molar-refractivity contribution in [2.75, 3.05) is 6.54 Å². The number of rotatable bonds is 5. The lowest BCUT2D eigenvalue weighted by molar-refractivity contribution is 0.540. The van der Waals surface area contributed by atoms with Gasteiger partial charge in [0.05, 0.1) is 20.5 Å². The van der Waals surface area contributed by atoms with Gasteiger partial charge in [-0.05, 0) is 46.7 Å². The summed E-state index contributed by atoms with van der Waals surface area (Å²) in [7, 11) is 0. The fourth-order valence-corrected chi connectivity index (χ4v) is 3.42. The van der Waals surface area contributed by atoms with Crippen LogP contribution in [0.15, 0.2) is 34.2 Å². The molecule has 96 valence electrons. The number of thiophene rings is 1. The molecule has 0 amide bonds. The maximum Gasteiger partial charge on any atom is 0.0701 e. The molecule has 0 bridgehead atoms. The molecule has 0 saturated carbocycles. The van der Waals surface area contributed by atoms with Crippen LogP contribution in [-0.4, -0.2) is 11.5 Å². The van der Waals surface area contributed by atoms with E-state index in [4.69, 9.17) is 11.6 Å². The highest BCUT2D eigenvalue weighted by Crippen LogP contribution is 2.26. The minimum atomic E-state index is 0.234. The van der Waals surface area contributed by atoms with Gasteiger partial charge in [-0.1, -0.05) is 18.5 Å². The Kier molecular flexibility index (Phi) is 5.18. The second-order valence-corrected chi connectivity index (χ2v) is 6.91. The van der Waals surface area contributed by atoms with Crippen molar-refractivity contribution in [2.45, 2.75) is 19.4 Å². The van der Waals surface area contributed by atoms with E-state index in [1.165, 1.54) is 4.88 Å². The smallest absolute Gasteiger partial charge is 0.0701 e. The van der Waals surface area contributed by atoms with E-state index in [1.54, 1.807) is 17.5 Å². The molecule has 2 aromatic rings. The molecule has 18 heavy (non-hydrogen) atoms. The van der Waals surface area contributed by atoms with Gasteiger partial charge in [-0.2, -0.15) is 0 Å². The van der Waals surface area contributed by atoms with Gasteiger partial charge in [-0.15, -0.1) is 11.3 Å². The Bertz CT molecular complexity index is 498. The molecule has 1 N–H and O–H groups in total. The first kappa shape index (κ1) is 14.0. The molecule has 2 rings (SSSR count). The van der Waals surface area contributed by atoms with Crippen molar-refractivity contribution in [2.24, 2.45) is 0 Å². The number of nitrogens with one attached hydrogen (secondary N) is 1. The quantitative estimate of drug-likeness (QED) is 0.866. The van der Waals surface area contributed by atoms with E-state index in [9.17, 15) is 0 Å². The molecule has 0 aliphatic heterocycles. The zero-order chi connectivity index (χ0) is 13.0. The molecule has 1 atom stereocenters. The zero-order valence-electron chi connectivity index (χ0n) is 9.99. The highest BCUT2D eigenvalue weighted by atomic mass is 79.9. The third-order valence-electron chi connectivity index (χ3n) is 2.59. The Morgan fingerprint density at radius 1 is 1.39 bits per heavy atom. The van der Waals surface area contributed by atoms with Crippen molar-refractivity contribution < 1.29 is 0 Å². The van der Waals surface area contributed by atoms with Crippen LogP contribution in [0.2, 0.25) is 5.02 Å². The molecule has 0 spiro atoms. The maximum absolute atomic E-state index is 5.87. The Morgan fingerprint density at radius 3 is 2.78 bits per heavy atom. The van der Waals surface area contributed by atoms with Gasteiger partial charge in [-0.25, -0.2) is 0 Å². The summed E-state index contributed by atoms with van der Waals surface area (Å²) in [5, 5.41) is 4.14. The number of halogens is 2. The molecule has 2 aromatic heterocycles. The summed E-state index contributed by atoms with van der Waals surface area (Å²) in [5.41, 5.74) is 1.03. The first-order valence-corrected chi connectivity index (χ1v) is 7.77. The fourth-order valence-electron chi connectivity index (χ4n) is 1.78. The molecule has 0 saturated heterocycles. The third-order valence-corrected chi connectivity index (χ3v) is 4.46. The van der Waals surface area contributed by atoms with Crippen molar-refractivity contribution >= 4 is 38.9 Å². The highest BCUT2D eigenvalue weighted by Gasteiger charge is 2.13. The van der Waals surface area contributed by atoms with E-state index in [2.05, 4.69) is 45.3 Å². The van der Waals surface area contributed by atoms with Crippen LogP contribution >= 0.6 is 38.9 Å². The van der Waals surface area contributed by atoms with Gasteiger partial charge in [0, 0.05) is 17.5 Å². The summed E-state index contributed by atoms with van der Waals surface area (Å²) < 4.78 is 1.16. The molecule has 0 aliphatic carbocycles. The summed E-state index contributed by atoms with van der Waals surface area (Å²) in [6.07, 6.45) is 2.64. The normalized spacial score (nSPS) is 12.6. The Hall–Kier alpha value is -0.420. The van der Waals surface area contributed by atoms with E-state index in [-0.39, 0.29) is 6.04 Å². The van der Waals surface area contributed by atoms with Crippen LogP contribution in [0.5, 0.6) is 0 Å². The Balaban J connectivity index is 2.14. The minimum absolute atomic E-state index is 0.234. The molecular formula is C13H14BrClN2S. The topological polar surface area (TPSA) is 24.9 Å². The van der Waals surface area contributed by atoms with Crippen molar-refractivity contribution in [3.8, 4) is 0 Å². The largest absolute Gasteiger partial charge is 0.309 e. The van der Waals surface area contributed by atoms with Crippen molar-refractivity contribution in [1.82, 2.24) is 10.3 Å². The molecule has 0 aliphatic rings. The summed E-state index contributed by atoms with van der Waals surface area (Å²) in [4.78, 5) is 5.74. The van der Waals surface area contributed by atoms with Crippen molar-refractivity contribution in [3.63, 3.8) is 0 Å². The monoisotopic (exact) mass is 344 g/mol. The van der Waals surface area contributed by atoms with Gasteiger partial charge in [-0.3, -0.25) is 4.98 Å². The van der Waals surface area contributed by atoms with Gasteiger partial charge in [0.15, 0.2) is 0 Å². The maximum atomic E-state index is 5.87. The molecule has 0 fully saturated rings. The van der Waals surface area contributed by atoms with Gasteiger partial charge in [0.1, 0.15) is 0 Å². The van der Waals surface area contributed by atoms with Crippen LogP contribution in [-0.2, 0) is 6.42 Å². The molecule has 2 nitrogen and oxygen atoms in total. The van der Waals surface area contributed by atoms with E-state index in [0.717, 1.165) is 22.4 Å². The predicted molar refractivity (Wildman–Crippen MR) is 81.4 cm³/mol. The van der Waals surface area contributed by atoms with Crippen molar-refractivity contribution in [3.05, 3.63) is 49.8 Å². The lowest BCUT2D eigenvalue weighted by atomic mass is 10.1. The SMILES string of the molecule is CCNC(Cc1ccc(Br)s1)c1ccc(Cl)cn1. The standard InChI is InChI=1S/C13H14BrClN2S/c1-2-16-12(7-10-4-6-13(14)18-10)11-5-3-9(15)8-17-11/h3-6,8,12,16H,2,7H2,1H3. The van der Waals surface area contributed by atoms with Crippen LogP contribution in [0.1, 0.15) is 23.5 Å². The Morgan fingerprint density at radius 2 is 2.22 bits per heavy atom. The molecule has 1 unspecified atom stereocenters. The second-order valence-electron chi connectivity index (χ2n) is 3.92. The molecule has 0 aromatic carbocycles. The van der Waals surface area contributed by atoms with Crippen LogP contribution in [0.4, 0.5) is 0 Å². The highest BCUT2D eigenvalue weighted by molar-refractivity contribution is 9.11. The number of pyridine rings is 1. The summed E-state index contributed by atoms with van der Waals surface area (Å²) in [6.45, 7) is 3.02. The molecule has 2 heterocycles. The van der Waals surface area contributed by atoms with E-state index in [0.29, 0.717) is 5.02 Å². The van der Waals surface area contributed by atoms with Crippen LogP contribution in [0.25, 0.3) is 0 Å². The van der Waals surface area contributed by atoms with E-state index < -0.39 is 0 Å². The average molecular weight is 346 g/mol. The third kappa shape index (κ3) is 3.79. The number of hydrogen-bond donors (Lipinski definition) is 1. The van der Waals surface area contributed by atoms with Crippen LogP contribution in [0.3, 0.4) is 0 Å². The number of likely N-dealkylation sites (N-methyl/N-ethyl adjacent to an activating group) is 1. The molecule has 0 radical (unpaired) electrons. The number of aromatic nitrogens is 1. The average Bonchev–Trinajstić information content (AvgIpc) is 2.75.